The number of hydrogen-bond donors (Lipinski definition) is 0. The highest BCUT2D eigenvalue weighted by Crippen LogP contribution is 2.37. The molecule has 0 N–H and O–H groups in total. The van der Waals surface area contributed by atoms with Crippen LogP contribution in [0.1, 0.15) is 12.0 Å². The second-order valence-corrected chi connectivity index (χ2v) is 7.86. The summed E-state index contributed by atoms with van der Waals surface area (Å²) in [7, 11) is 1.65. The van der Waals surface area contributed by atoms with Crippen molar-refractivity contribution in [1.82, 2.24) is 9.97 Å². The summed E-state index contributed by atoms with van der Waals surface area (Å²) < 4.78 is 11.4. The van der Waals surface area contributed by atoms with Crippen LogP contribution in [0.15, 0.2) is 52.6 Å². The van der Waals surface area contributed by atoms with Crippen molar-refractivity contribution in [3.05, 3.63) is 48.3 Å². The summed E-state index contributed by atoms with van der Waals surface area (Å²) in [5.74, 6) is 2.52. The van der Waals surface area contributed by atoms with E-state index in [4.69, 9.17) is 9.47 Å². The van der Waals surface area contributed by atoms with Gasteiger partial charge < -0.3 is 9.47 Å². The highest BCUT2D eigenvalue weighted by molar-refractivity contribution is 7.99. The van der Waals surface area contributed by atoms with Crippen LogP contribution in [0, 0.1) is 6.92 Å². The van der Waals surface area contributed by atoms with Crippen molar-refractivity contribution in [2.24, 2.45) is 0 Å². The molecule has 1 heterocycles. The molecule has 0 saturated heterocycles. The minimum Gasteiger partial charge on any atom is -0.493 e. The van der Waals surface area contributed by atoms with Gasteiger partial charge in [0.1, 0.15) is 11.4 Å². The van der Waals surface area contributed by atoms with Crippen LogP contribution in [0.3, 0.4) is 0 Å². The van der Waals surface area contributed by atoms with Gasteiger partial charge >= 0.3 is 0 Å². The maximum Gasteiger partial charge on any atom is 0.162 e. The van der Waals surface area contributed by atoms with E-state index >= 15 is 0 Å². The Balaban J connectivity index is 1.93. The van der Waals surface area contributed by atoms with Gasteiger partial charge in [-0.1, -0.05) is 29.5 Å². The van der Waals surface area contributed by atoms with E-state index in [0.717, 1.165) is 38.7 Å². The van der Waals surface area contributed by atoms with E-state index in [0.29, 0.717) is 12.4 Å². The van der Waals surface area contributed by atoms with Gasteiger partial charge in [-0.25, -0.2) is 9.97 Å². The third-order valence-electron chi connectivity index (χ3n) is 3.84. The number of ether oxygens (including phenoxy) is 2. The Morgan fingerprint density at radius 3 is 2.73 bits per heavy atom. The van der Waals surface area contributed by atoms with E-state index in [1.165, 1.54) is 5.56 Å². The summed E-state index contributed by atoms with van der Waals surface area (Å²) in [6.07, 6.45) is 4.69. The number of thioether (sulfide) groups is 1. The standard InChI is InChI=1S/C20H22N2O2S2/c1-14-6-4-7-15(10-14)26-20-16-11-19(24-8-5-9-25-3)18(23-2)12-17(16)21-13-22-20/h4,6-7,10-13H,5,8-9H2,1-3H3. The Morgan fingerprint density at radius 1 is 1.08 bits per heavy atom. The zero-order chi connectivity index (χ0) is 18.4. The van der Waals surface area contributed by atoms with E-state index in [2.05, 4.69) is 47.4 Å². The van der Waals surface area contributed by atoms with E-state index < -0.39 is 0 Å². The van der Waals surface area contributed by atoms with Gasteiger partial charge in [0.15, 0.2) is 11.5 Å². The zero-order valence-corrected chi connectivity index (χ0v) is 16.8. The molecule has 0 bridgehead atoms. The fraction of sp³-hybridized carbons (Fsp3) is 0.300. The molecule has 0 atom stereocenters. The van der Waals surface area contributed by atoms with Crippen LogP contribution in [0.4, 0.5) is 0 Å². The topological polar surface area (TPSA) is 44.2 Å². The summed E-state index contributed by atoms with van der Waals surface area (Å²) in [5, 5.41) is 1.89. The van der Waals surface area contributed by atoms with Crippen molar-refractivity contribution in [2.45, 2.75) is 23.3 Å². The molecule has 2 aromatic carbocycles. The molecule has 0 spiro atoms. The molecule has 0 aliphatic heterocycles. The van der Waals surface area contributed by atoms with E-state index in [1.807, 2.05) is 23.9 Å². The minimum absolute atomic E-state index is 0.663. The molecule has 0 radical (unpaired) electrons. The first-order chi connectivity index (χ1) is 12.7. The third kappa shape index (κ3) is 4.62. The minimum atomic E-state index is 0.663. The van der Waals surface area contributed by atoms with Crippen LogP contribution in [0.5, 0.6) is 11.5 Å². The maximum absolute atomic E-state index is 5.96. The van der Waals surface area contributed by atoms with Crippen molar-refractivity contribution in [3.63, 3.8) is 0 Å². The van der Waals surface area contributed by atoms with E-state index in [9.17, 15) is 0 Å². The monoisotopic (exact) mass is 386 g/mol. The van der Waals surface area contributed by atoms with Gasteiger partial charge in [-0.2, -0.15) is 11.8 Å². The molecular formula is C20H22N2O2S2. The van der Waals surface area contributed by atoms with Crippen LogP contribution in [0.2, 0.25) is 0 Å². The molecule has 4 nitrogen and oxygen atoms in total. The number of hydrogen-bond acceptors (Lipinski definition) is 6. The zero-order valence-electron chi connectivity index (χ0n) is 15.2. The molecule has 0 saturated carbocycles. The SMILES string of the molecule is COc1cc2ncnc(Sc3cccc(C)c3)c2cc1OCCCSC. The molecule has 0 unspecified atom stereocenters. The number of nitrogens with zero attached hydrogens (tertiary/aromatic N) is 2. The number of aromatic nitrogens is 2. The predicted molar refractivity (Wildman–Crippen MR) is 110 cm³/mol. The number of methoxy groups -OCH3 is 1. The second kappa shape index (κ2) is 9.14. The van der Waals surface area contributed by atoms with Crippen LogP contribution in [-0.4, -0.2) is 35.7 Å². The summed E-state index contributed by atoms with van der Waals surface area (Å²) in [4.78, 5) is 10.0. The molecule has 6 heteroatoms. The Labute approximate surface area is 162 Å². The van der Waals surface area contributed by atoms with Crippen LogP contribution in [-0.2, 0) is 0 Å². The summed E-state index contributed by atoms with van der Waals surface area (Å²) >= 11 is 3.45. The molecule has 1 aromatic heterocycles. The maximum atomic E-state index is 5.96. The van der Waals surface area contributed by atoms with Crippen molar-refractivity contribution in [3.8, 4) is 11.5 Å². The highest BCUT2D eigenvalue weighted by Gasteiger charge is 2.12. The average molecular weight is 387 g/mol. The van der Waals surface area contributed by atoms with E-state index in [-0.39, 0.29) is 0 Å². The summed E-state index contributed by atoms with van der Waals surface area (Å²) in [6, 6.07) is 12.3. The first-order valence-corrected chi connectivity index (χ1v) is 10.6. The van der Waals surface area contributed by atoms with Gasteiger partial charge in [-0.15, -0.1) is 0 Å². The average Bonchev–Trinajstić information content (AvgIpc) is 2.65. The van der Waals surface area contributed by atoms with Gasteiger partial charge in [-0.05, 0) is 43.6 Å². The van der Waals surface area contributed by atoms with Crippen molar-refractivity contribution in [1.29, 1.82) is 0 Å². The number of rotatable bonds is 8. The first kappa shape index (κ1) is 18.9. The fourth-order valence-electron chi connectivity index (χ4n) is 2.57. The summed E-state index contributed by atoms with van der Waals surface area (Å²) in [6.45, 7) is 2.75. The third-order valence-corrected chi connectivity index (χ3v) is 5.54. The Bertz CT molecular complexity index is 887. The molecule has 3 rings (SSSR count). The van der Waals surface area contributed by atoms with Crippen LogP contribution in [0.25, 0.3) is 10.9 Å². The van der Waals surface area contributed by atoms with Crippen LogP contribution >= 0.6 is 23.5 Å². The van der Waals surface area contributed by atoms with Gasteiger partial charge in [0, 0.05) is 16.3 Å². The highest BCUT2D eigenvalue weighted by atomic mass is 32.2. The number of aryl methyl sites for hydroxylation is 1. The molecule has 26 heavy (non-hydrogen) atoms. The Hall–Kier alpha value is -1.92. The summed E-state index contributed by atoms with van der Waals surface area (Å²) in [5.41, 5.74) is 2.08. The lowest BCUT2D eigenvalue weighted by atomic mass is 10.2. The lowest BCUT2D eigenvalue weighted by Crippen LogP contribution is -2.01. The molecule has 0 amide bonds. The normalized spacial score (nSPS) is 10.9. The smallest absolute Gasteiger partial charge is 0.162 e. The van der Waals surface area contributed by atoms with Crippen molar-refractivity contribution in [2.75, 3.05) is 25.7 Å². The van der Waals surface area contributed by atoms with Gasteiger partial charge in [0.05, 0.1) is 19.2 Å². The van der Waals surface area contributed by atoms with Crippen molar-refractivity contribution >= 4 is 34.4 Å². The Morgan fingerprint density at radius 2 is 1.96 bits per heavy atom. The predicted octanol–water partition coefficient (Wildman–Crippen LogP) is 5.23. The lowest BCUT2D eigenvalue weighted by Gasteiger charge is -2.13. The van der Waals surface area contributed by atoms with Gasteiger partial charge in [0.25, 0.3) is 0 Å². The lowest BCUT2D eigenvalue weighted by molar-refractivity contribution is 0.296. The Kier molecular flexibility index (Phi) is 6.63. The van der Waals surface area contributed by atoms with Crippen molar-refractivity contribution < 1.29 is 9.47 Å². The van der Waals surface area contributed by atoms with Gasteiger partial charge in [-0.3, -0.25) is 0 Å². The second-order valence-electron chi connectivity index (χ2n) is 5.81. The quantitative estimate of drug-likeness (QED) is 0.390. The van der Waals surface area contributed by atoms with Gasteiger partial charge in [0.2, 0.25) is 0 Å². The molecule has 0 aliphatic rings. The molecular weight excluding hydrogens is 364 g/mol. The fourth-order valence-corrected chi connectivity index (χ4v) is 3.96. The molecule has 136 valence electrons. The molecule has 0 aliphatic carbocycles. The van der Waals surface area contributed by atoms with E-state index in [1.54, 1.807) is 25.2 Å². The van der Waals surface area contributed by atoms with Crippen LogP contribution < -0.4 is 9.47 Å². The molecule has 3 aromatic rings. The molecule has 0 fully saturated rings. The first-order valence-electron chi connectivity index (χ1n) is 8.40. The number of fused-ring (bicyclic) bond motifs is 1. The largest absolute Gasteiger partial charge is 0.493 e. The number of benzene rings is 2.